The van der Waals surface area contributed by atoms with Gasteiger partial charge in [0.15, 0.2) is 0 Å². The number of thioether (sulfide) groups is 1. The van der Waals surface area contributed by atoms with Gasteiger partial charge in [0.25, 0.3) is 5.91 Å². The second kappa shape index (κ2) is 12.2. The molecule has 7 heteroatoms. The molecule has 4 rings (SSSR count). The number of amides is 2. The predicted molar refractivity (Wildman–Crippen MR) is 147 cm³/mol. The van der Waals surface area contributed by atoms with E-state index in [1.54, 1.807) is 12.1 Å². The molecular weight excluding hydrogens is 492 g/mol. The van der Waals surface area contributed by atoms with Crippen LogP contribution in [-0.4, -0.2) is 25.0 Å². The molecule has 36 heavy (non-hydrogen) atoms. The third kappa shape index (κ3) is 6.31. The number of carbonyl (C=O) groups excluding carboxylic acids is 2. The van der Waals surface area contributed by atoms with E-state index in [0.717, 1.165) is 40.3 Å². The summed E-state index contributed by atoms with van der Waals surface area (Å²) in [6, 6.07) is 22.5. The molecule has 3 aromatic carbocycles. The number of hydrogen-bond donors (Lipinski definition) is 1. The van der Waals surface area contributed by atoms with Crippen LogP contribution in [-0.2, 0) is 9.59 Å². The molecule has 0 spiro atoms. The molecule has 5 nitrogen and oxygen atoms in total. The van der Waals surface area contributed by atoms with E-state index >= 15 is 0 Å². The lowest BCUT2D eigenvalue weighted by atomic mass is 10.1. The quantitative estimate of drug-likeness (QED) is 0.247. The third-order valence-corrected chi connectivity index (χ3v) is 7.27. The molecule has 0 saturated carbocycles. The number of carbonyl (C=O) groups is 2. The van der Waals surface area contributed by atoms with Crippen molar-refractivity contribution in [3.63, 3.8) is 0 Å². The van der Waals surface area contributed by atoms with Gasteiger partial charge in [0.2, 0.25) is 5.91 Å². The number of unbranched alkanes of at least 4 members (excludes halogenated alkanes) is 1. The molecule has 1 heterocycles. The summed E-state index contributed by atoms with van der Waals surface area (Å²) in [5, 5.41) is 3.59. The van der Waals surface area contributed by atoms with E-state index in [1.807, 2.05) is 73.7 Å². The van der Waals surface area contributed by atoms with Gasteiger partial charge in [-0.15, -0.1) is 0 Å². The molecule has 0 fully saturated rings. The molecule has 1 atom stereocenters. The minimum atomic E-state index is -0.238. The number of anilines is 1. The van der Waals surface area contributed by atoms with Crippen LogP contribution in [0.2, 0.25) is 5.02 Å². The number of benzene rings is 3. The molecule has 0 radical (unpaired) electrons. The standard InChI is InChI=1S/C29H29ClN2O3S/c1-3-4-17-35-23-15-13-21(14-16-23)20(2)31-28(33)19-32-25-11-7-8-12-26(25)36-27(29(32)34)18-22-9-5-6-10-24(22)30/h5-16,18,20H,3-4,17,19H2,1-2H3,(H,31,33)/b27-18+. The van der Waals surface area contributed by atoms with Gasteiger partial charge in [-0.1, -0.05) is 79.2 Å². The summed E-state index contributed by atoms with van der Waals surface area (Å²) in [5.74, 6) is 0.351. The molecule has 1 N–H and O–H groups in total. The molecule has 186 valence electrons. The van der Waals surface area contributed by atoms with Crippen molar-refractivity contribution in [1.82, 2.24) is 5.32 Å². The number of hydrogen-bond acceptors (Lipinski definition) is 4. The highest BCUT2D eigenvalue weighted by molar-refractivity contribution is 8.04. The van der Waals surface area contributed by atoms with Crippen LogP contribution in [0.4, 0.5) is 5.69 Å². The van der Waals surface area contributed by atoms with Crippen molar-refractivity contribution >= 4 is 46.9 Å². The van der Waals surface area contributed by atoms with Crippen LogP contribution in [0.5, 0.6) is 5.75 Å². The molecule has 2 amide bonds. The fourth-order valence-corrected chi connectivity index (χ4v) is 5.09. The molecule has 0 aliphatic carbocycles. The van der Waals surface area contributed by atoms with Crippen molar-refractivity contribution in [2.45, 2.75) is 37.6 Å². The number of para-hydroxylation sites is 1. The maximum absolute atomic E-state index is 13.4. The highest BCUT2D eigenvalue weighted by Gasteiger charge is 2.30. The van der Waals surface area contributed by atoms with Crippen molar-refractivity contribution in [3.8, 4) is 5.75 Å². The Morgan fingerprint density at radius 1 is 1.08 bits per heavy atom. The number of fused-ring (bicyclic) bond motifs is 1. The van der Waals surface area contributed by atoms with Crippen molar-refractivity contribution in [2.24, 2.45) is 0 Å². The van der Waals surface area contributed by atoms with E-state index < -0.39 is 0 Å². The van der Waals surface area contributed by atoms with E-state index in [2.05, 4.69) is 12.2 Å². The maximum atomic E-state index is 13.4. The summed E-state index contributed by atoms with van der Waals surface area (Å²) in [7, 11) is 0. The maximum Gasteiger partial charge on any atom is 0.265 e. The van der Waals surface area contributed by atoms with Crippen LogP contribution >= 0.6 is 23.4 Å². The topological polar surface area (TPSA) is 58.6 Å². The Kier molecular flexibility index (Phi) is 8.73. The summed E-state index contributed by atoms with van der Waals surface area (Å²) >= 11 is 7.70. The Morgan fingerprint density at radius 2 is 1.81 bits per heavy atom. The zero-order valence-corrected chi connectivity index (χ0v) is 21.9. The summed E-state index contributed by atoms with van der Waals surface area (Å²) in [4.78, 5) is 29.4. The fraction of sp³-hybridized carbons (Fsp3) is 0.241. The van der Waals surface area contributed by atoms with Crippen LogP contribution in [0.25, 0.3) is 6.08 Å². The van der Waals surface area contributed by atoms with Crippen molar-refractivity contribution in [3.05, 3.63) is 93.9 Å². The van der Waals surface area contributed by atoms with E-state index in [1.165, 1.54) is 16.7 Å². The Hall–Kier alpha value is -3.22. The third-order valence-electron chi connectivity index (χ3n) is 5.85. The normalized spacial score (nSPS) is 14.9. The Morgan fingerprint density at radius 3 is 2.56 bits per heavy atom. The van der Waals surface area contributed by atoms with E-state index in [-0.39, 0.29) is 24.4 Å². The van der Waals surface area contributed by atoms with E-state index in [0.29, 0.717) is 16.5 Å². The number of rotatable bonds is 9. The van der Waals surface area contributed by atoms with E-state index in [4.69, 9.17) is 16.3 Å². The highest BCUT2D eigenvalue weighted by atomic mass is 35.5. The number of nitrogens with one attached hydrogen (secondary N) is 1. The zero-order valence-electron chi connectivity index (χ0n) is 20.4. The van der Waals surface area contributed by atoms with Crippen LogP contribution in [0.1, 0.15) is 43.9 Å². The lowest BCUT2D eigenvalue weighted by Gasteiger charge is -2.30. The summed E-state index contributed by atoms with van der Waals surface area (Å²) in [5.41, 5.74) is 2.45. The number of nitrogens with zero attached hydrogens (tertiary/aromatic N) is 1. The largest absolute Gasteiger partial charge is 0.494 e. The van der Waals surface area contributed by atoms with Gasteiger partial charge in [-0.2, -0.15) is 0 Å². The van der Waals surface area contributed by atoms with Gasteiger partial charge in [-0.3, -0.25) is 14.5 Å². The lowest BCUT2D eigenvalue weighted by Crippen LogP contribution is -2.43. The van der Waals surface area contributed by atoms with E-state index in [9.17, 15) is 9.59 Å². The first-order valence-electron chi connectivity index (χ1n) is 12.0. The molecule has 0 saturated heterocycles. The van der Waals surface area contributed by atoms with Gasteiger partial charge < -0.3 is 10.1 Å². The molecule has 3 aromatic rings. The van der Waals surface area contributed by atoms with Crippen LogP contribution < -0.4 is 15.0 Å². The van der Waals surface area contributed by atoms with Gasteiger partial charge in [-0.25, -0.2) is 0 Å². The average molecular weight is 521 g/mol. The Labute approximate surface area is 221 Å². The SMILES string of the molecule is CCCCOc1ccc(C(C)NC(=O)CN2C(=O)/C(=C\c3ccccc3Cl)Sc3ccccc32)cc1. The first-order chi connectivity index (χ1) is 17.5. The number of ether oxygens (including phenoxy) is 1. The minimum absolute atomic E-state index is 0.0845. The van der Waals surface area contributed by atoms with Gasteiger partial charge in [0, 0.05) is 9.92 Å². The van der Waals surface area contributed by atoms with Gasteiger partial charge in [0.1, 0.15) is 12.3 Å². The fourth-order valence-electron chi connectivity index (χ4n) is 3.85. The molecule has 0 bridgehead atoms. The Balaban J connectivity index is 1.47. The molecule has 1 aliphatic rings. The van der Waals surface area contributed by atoms with Crippen molar-refractivity contribution in [2.75, 3.05) is 18.1 Å². The zero-order chi connectivity index (χ0) is 25.5. The predicted octanol–water partition coefficient (Wildman–Crippen LogP) is 6.88. The van der Waals surface area contributed by atoms with Gasteiger partial charge >= 0.3 is 0 Å². The smallest absolute Gasteiger partial charge is 0.265 e. The van der Waals surface area contributed by atoms with Gasteiger partial charge in [-0.05, 0) is 60.9 Å². The second-order valence-electron chi connectivity index (χ2n) is 8.55. The highest BCUT2D eigenvalue weighted by Crippen LogP contribution is 2.42. The monoisotopic (exact) mass is 520 g/mol. The summed E-state index contributed by atoms with van der Waals surface area (Å²) < 4.78 is 5.72. The van der Waals surface area contributed by atoms with Crippen molar-refractivity contribution in [1.29, 1.82) is 0 Å². The summed E-state index contributed by atoms with van der Waals surface area (Å²) in [6.07, 6.45) is 3.88. The lowest BCUT2D eigenvalue weighted by molar-refractivity contribution is -0.122. The number of halogens is 1. The average Bonchev–Trinajstić information content (AvgIpc) is 2.88. The second-order valence-corrected chi connectivity index (χ2v) is 10.0. The first-order valence-corrected chi connectivity index (χ1v) is 13.2. The van der Waals surface area contributed by atoms with Crippen LogP contribution in [0.15, 0.2) is 82.6 Å². The first kappa shape index (κ1) is 25.9. The summed E-state index contributed by atoms with van der Waals surface area (Å²) in [6.45, 7) is 4.66. The molecular formula is C29H29ClN2O3S. The minimum Gasteiger partial charge on any atom is -0.494 e. The van der Waals surface area contributed by atoms with Crippen LogP contribution in [0, 0.1) is 0 Å². The Bertz CT molecular complexity index is 1260. The molecule has 1 aliphatic heterocycles. The molecule has 0 aromatic heterocycles. The van der Waals surface area contributed by atoms with Gasteiger partial charge in [0.05, 0.1) is 23.2 Å². The van der Waals surface area contributed by atoms with Crippen LogP contribution in [0.3, 0.4) is 0 Å². The molecule has 1 unspecified atom stereocenters. The van der Waals surface area contributed by atoms with Crippen molar-refractivity contribution < 1.29 is 14.3 Å².